The molecule has 0 saturated heterocycles. The summed E-state index contributed by atoms with van der Waals surface area (Å²) in [6.07, 6.45) is 3.48. The molecule has 0 spiro atoms. The molecule has 2 N–H and O–H groups in total. The fourth-order valence-corrected chi connectivity index (χ4v) is 1.30. The molecule has 0 unspecified atom stereocenters. The SMILES string of the molecule is CCC(=O)NCCCCCNC(=O)COC(C)C. The average molecular weight is 258 g/mol. The van der Waals surface area contributed by atoms with Gasteiger partial charge in [-0.25, -0.2) is 0 Å². The van der Waals surface area contributed by atoms with E-state index in [0.29, 0.717) is 13.0 Å². The van der Waals surface area contributed by atoms with Crippen LogP contribution in [-0.4, -0.2) is 37.6 Å². The molecule has 0 aliphatic carbocycles. The highest BCUT2D eigenvalue weighted by Gasteiger charge is 2.02. The van der Waals surface area contributed by atoms with Gasteiger partial charge in [0.1, 0.15) is 6.61 Å². The fourth-order valence-electron chi connectivity index (χ4n) is 1.30. The van der Waals surface area contributed by atoms with Crippen LogP contribution in [0.15, 0.2) is 0 Å². The van der Waals surface area contributed by atoms with Crippen molar-refractivity contribution >= 4 is 11.8 Å². The number of hydrogen-bond donors (Lipinski definition) is 2. The molecule has 0 aliphatic rings. The van der Waals surface area contributed by atoms with Crippen LogP contribution in [-0.2, 0) is 14.3 Å². The molecule has 0 bridgehead atoms. The molecule has 0 rings (SSSR count). The summed E-state index contributed by atoms with van der Waals surface area (Å²) in [7, 11) is 0. The van der Waals surface area contributed by atoms with Crippen molar-refractivity contribution in [3.8, 4) is 0 Å². The summed E-state index contributed by atoms with van der Waals surface area (Å²) in [5.74, 6) is 0.0251. The largest absolute Gasteiger partial charge is 0.369 e. The molecule has 106 valence electrons. The smallest absolute Gasteiger partial charge is 0.246 e. The number of carbonyl (C=O) groups excluding carboxylic acids is 2. The summed E-state index contributed by atoms with van der Waals surface area (Å²) in [5, 5.41) is 5.62. The first-order valence-corrected chi connectivity index (χ1v) is 6.71. The second-order valence-electron chi connectivity index (χ2n) is 4.47. The fraction of sp³-hybridized carbons (Fsp3) is 0.846. The van der Waals surface area contributed by atoms with Gasteiger partial charge in [-0.2, -0.15) is 0 Å². The predicted molar refractivity (Wildman–Crippen MR) is 71.2 cm³/mol. The van der Waals surface area contributed by atoms with Gasteiger partial charge in [-0.1, -0.05) is 6.92 Å². The second kappa shape index (κ2) is 11.0. The second-order valence-corrected chi connectivity index (χ2v) is 4.47. The zero-order valence-corrected chi connectivity index (χ0v) is 11.8. The minimum Gasteiger partial charge on any atom is -0.369 e. The monoisotopic (exact) mass is 258 g/mol. The average Bonchev–Trinajstić information content (AvgIpc) is 2.34. The zero-order chi connectivity index (χ0) is 13.8. The first-order valence-electron chi connectivity index (χ1n) is 6.71. The van der Waals surface area contributed by atoms with Gasteiger partial charge < -0.3 is 15.4 Å². The number of ether oxygens (including phenoxy) is 1. The molecule has 0 aromatic carbocycles. The Morgan fingerprint density at radius 2 is 1.56 bits per heavy atom. The molecule has 18 heavy (non-hydrogen) atoms. The summed E-state index contributed by atoms with van der Waals surface area (Å²) in [4.78, 5) is 22.2. The lowest BCUT2D eigenvalue weighted by Gasteiger charge is -2.08. The van der Waals surface area contributed by atoms with Gasteiger partial charge in [0.15, 0.2) is 0 Å². The van der Waals surface area contributed by atoms with Gasteiger partial charge in [0.2, 0.25) is 11.8 Å². The Bertz CT molecular complexity index is 242. The van der Waals surface area contributed by atoms with Gasteiger partial charge in [0.25, 0.3) is 0 Å². The number of unbranched alkanes of at least 4 members (excludes halogenated alkanes) is 2. The van der Waals surface area contributed by atoms with E-state index in [0.717, 1.165) is 25.8 Å². The lowest BCUT2D eigenvalue weighted by Crippen LogP contribution is -2.29. The van der Waals surface area contributed by atoms with Crippen molar-refractivity contribution in [1.82, 2.24) is 10.6 Å². The first-order chi connectivity index (χ1) is 8.56. The minimum atomic E-state index is -0.0667. The van der Waals surface area contributed by atoms with Crippen molar-refractivity contribution in [2.24, 2.45) is 0 Å². The molecule has 5 nitrogen and oxygen atoms in total. The maximum atomic E-state index is 11.3. The molecule has 0 saturated carbocycles. The van der Waals surface area contributed by atoms with Gasteiger partial charge in [-0.05, 0) is 33.1 Å². The Balaban J connectivity index is 3.25. The highest BCUT2D eigenvalue weighted by atomic mass is 16.5. The molecule has 2 amide bonds. The van der Waals surface area contributed by atoms with Crippen molar-refractivity contribution in [3.05, 3.63) is 0 Å². The van der Waals surface area contributed by atoms with Crippen LogP contribution >= 0.6 is 0 Å². The zero-order valence-electron chi connectivity index (χ0n) is 11.8. The van der Waals surface area contributed by atoms with E-state index < -0.39 is 0 Å². The summed E-state index contributed by atoms with van der Waals surface area (Å²) < 4.78 is 5.18. The van der Waals surface area contributed by atoms with Crippen molar-refractivity contribution in [1.29, 1.82) is 0 Å². The number of nitrogens with one attached hydrogen (secondary N) is 2. The quantitative estimate of drug-likeness (QED) is 0.579. The summed E-state index contributed by atoms with van der Waals surface area (Å²) in [6, 6.07) is 0. The Kier molecular flexibility index (Phi) is 10.3. The van der Waals surface area contributed by atoms with Gasteiger partial charge in [-0.15, -0.1) is 0 Å². The Labute approximate surface area is 110 Å². The third-order valence-electron chi connectivity index (χ3n) is 2.37. The number of rotatable bonds is 10. The molecule has 5 heteroatoms. The number of amides is 2. The molecule has 0 aliphatic heterocycles. The van der Waals surface area contributed by atoms with Gasteiger partial charge in [0.05, 0.1) is 6.10 Å². The van der Waals surface area contributed by atoms with Gasteiger partial charge >= 0.3 is 0 Å². The Morgan fingerprint density at radius 1 is 1.00 bits per heavy atom. The molecule has 0 fully saturated rings. The van der Waals surface area contributed by atoms with E-state index in [1.54, 1.807) is 0 Å². The van der Waals surface area contributed by atoms with Crippen LogP contribution in [0.1, 0.15) is 46.5 Å². The Morgan fingerprint density at radius 3 is 2.06 bits per heavy atom. The maximum absolute atomic E-state index is 11.3. The Hall–Kier alpha value is -1.10. The highest BCUT2D eigenvalue weighted by molar-refractivity contribution is 5.77. The maximum Gasteiger partial charge on any atom is 0.246 e. The van der Waals surface area contributed by atoms with E-state index in [2.05, 4.69) is 10.6 Å². The van der Waals surface area contributed by atoms with E-state index in [-0.39, 0.29) is 24.5 Å². The molecule has 0 atom stereocenters. The van der Waals surface area contributed by atoms with Crippen LogP contribution in [0.25, 0.3) is 0 Å². The van der Waals surface area contributed by atoms with Crippen LogP contribution in [0.4, 0.5) is 0 Å². The normalized spacial score (nSPS) is 10.4. The lowest BCUT2D eigenvalue weighted by molar-refractivity contribution is -0.127. The molecule has 0 aromatic heterocycles. The van der Waals surface area contributed by atoms with E-state index >= 15 is 0 Å². The molecule has 0 aromatic rings. The topological polar surface area (TPSA) is 67.4 Å². The molecular weight excluding hydrogens is 232 g/mol. The van der Waals surface area contributed by atoms with Crippen LogP contribution in [0, 0.1) is 0 Å². The van der Waals surface area contributed by atoms with Crippen molar-refractivity contribution in [2.75, 3.05) is 19.7 Å². The van der Waals surface area contributed by atoms with Gasteiger partial charge in [0, 0.05) is 19.5 Å². The van der Waals surface area contributed by atoms with Crippen LogP contribution in [0.5, 0.6) is 0 Å². The summed E-state index contributed by atoms with van der Waals surface area (Å²) >= 11 is 0. The van der Waals surface area contributed by atoms with Crippen molar-refractivity contribution < 1.29 is 14.3 Å². The standard InChI is InChI=1S/C13H26N2O3/c1-4-12(16)14-8-6-5-7-9-15-13(17)10-18-11(2)3/h11H,4-10H2,1-3H3,(H,14,16)(H,15,17). The minimum absolute atomic E-state index is 0.0667. The molecule has 0 heterocycles. The van der Waals surface area contributed by atoms with Crippen LogP contribution in [0.3, 0.4) is 0 Å². The molecule has 0 radical (unpaired) electrons. The first kappa shape index (κ1) is 16.9. The van der Waals surface area contributed by atoms with Crippen LogP contribution in [0.2, 0.25) is 0 Å². The predicted octanol–water partition coefficient (Wildman–Crippen LogP) is 1.22. The van der Waals surface area contributed by atoms with E-state index in [4.69, 9.17) is 4.74 Å². The summed E-state index contributed by atoms with van der Waals surface area (Å²) in [6.45, 7) is 7.16. The lowest BCUT2D eigenvalue weighted by atomic mass is 10.2. The number of hydrogen-bond acceptors (Lipinski definition) is 3. The summed E-state index contributed by atoms with van der Waals surface area (Å²) in [5.41, 5.74) is 0. The highest BCUT2D eigenvalue weighted by Crippen LogP contribution is 1.93. The van der Waals surface area contributed by atoms with E-state index in [1.807, 2.05) is 20.8 Å². The molecular formula is C13H26N2O3. The number of carbonyl (C=O) groups is 2. The third-order valence-corrected chi connectivity index (χ3v) is 2.37. The van der Waals surface area contributed by atoms with E-state index in [1.165, 1.54) is 0 Å². The van der Waals surface area contributed by atoms with Gasteiger partial charge in [-0.3, -0.25) is 9.59 Å². The van der Waals surface area contributed by atoms with Crippen LogP contribution < -0.4 is 10.6 Å². The third kappa shape index (κ3) is 11.4. The van der Waals surface area contributed by atoms with Crippen molar-refractivity contribution in [3.63, 3.8) is 0 Å². The van der Waals surface area contributed by atoms with E-state index in [9.17, 15) is 9.59 Å². The van der Waals surface area contributed by atoms with Crippen molar-refractivity contribution in [2.45, 2.75) is 52.6 Å².